The Morgan fingerprint density at radius 2 is 2.00 bits per heavy atom. The molecule has 0 saturated heterocycles. The molecule has 0 aliphatic rings. The van der Waals surface area contributed by atoms with Crippen molar-refractivity contribution in [2.24, 2.45) is 4.99 Å². The van der Waals surface area contributed by atoms with E-state index in [9.17, 15) is 13.2 Å². The summed E-state index contributed by atoms with van der Waals surface area (Å²) in [6, 6.07) is 3.82. The Kier molecular flexibility index (Phi) is 3.06. The Labute approximate surface area is 81.5 Å². The standard InChI is InChI=1S/C9H7F3NP/c1-13-8-6(5-14)3-2-4-7(8)9(10,11)12/h2-5,14H,1H2. The summed E-state index contributed by atoms with van der Waals surface area (Å²) in [4.78, 5) is 3.38. The van der Waals surface area contributed by atoms with Crippen molar-refractivity contribution in [3.63, 3.8) is 0 Å². The summed E-state index contributed by atoms with van der Waals surface area (Å²) in [5, 5.41) is 0. The first-order valence-electron chi connectivity index (χ1n) is 3.68. The van der Waals surface area contributed by atoms with Crippen molar-refractivity contribution in [2.75, 3.05) is 0 Å². The zero-order valence-corrected chi connectivity index (χ0v) is 8.10. The second kappa shape index (κ2) is 3.93. The van der Waals surface area contributed by atoms with Crippen molar-refractivity contribution in [3.8, 4) is 0 Å². The number of hydrogen-bond donors (Lipinski definition) is 0. The van der Waals surface area contributed by atoms with Crippen LogP contribution in [0.4, 0.5) is 18.9 Å². The van der Waals surface area contributed by atoms with Crippen molar-refractivity contribution < 1.29 is 13.2 Å². The molecule has 5 heteroatoms. The second-order valence-electron chi connectivity index (χ2n) is 2.54. The minimum atomic E-state index is -4.40. The lowest BCUT2D eigenvalue weighted by Gasteiger charge is -2.10. The van der Waals surface area contributed by atoms with Crippen LogP contribution in [-0.4, -0.2) is 12.5 Å². The molecule has 0 heterocycles. The summed E-state index contributed by atoms with van der Waals surface area (Å²) in [5.74, 6) is 1.37. The van der Waals surface area contributed by atoms with Gasteiger partial charge in [0.1, 0.15) is 0 Å². The Bertz CT molecular complexity index is 371. The number of nitrogens with zero attached hydrogens (tertiary/aromatic N) is 1. The number of hydrogen-bond acceptors (Lipinski definition) is 1. The summed E-state index contributed by atoms with van der Waals surface area (Å²) in [6.45, 7) is 3.12. The summed E-state index contributed by atoms with van der Waals surface area (Å²) >= 11 is 0. The SMILES string of the molecule is C=Nc1c(C=P)cccc1C(F)(F)F. The molecule has 14 heavy (non-hydrogen) atoms. The molecule has 74 valence electrons. The number of para-hydroxylation sites is 1. The molecule has 0 N–H and O–H groups in total. The molecular weight excluding hydrogens is 210 g/mol. The minimum Gasteiger partial charge on any atom is -0.263 e. The van der Waals surface area contributed by atoms with Crippen LogP contribution < -0.4 is 0 Å². The summed E-state index contributed by atoms with van der Waals surface area (Å²) in [5.41, 5.74) is -0.582. The molecule has 0 saturated carbocycles. The third-order valence-corrected chi connectivity index (χ3v) is 2.00. The molecule has 0 fully saturated rings. The molecule has 0 aliphatic heterocycles. The minimum absolute atomic E-state index is 0.157. The van der Waals surface area contributed by atoms with E-state index in [4.69, 9.17) is 0 Å². The molecule has 1 aromatic rings. The van der Waals surface area contributed by atoms with Crippen molar-refractivity contribution in [2.45, 2.75) is 6.18 Å². The summed E-state index contributed by atoms with van der Waals surface area (Å²) < 4.78 is 37.3. The van der Waals surface area contributed by atoms with E-state index in [1.807, 2.05) is 0 Å². The van der Waals surface area contributed by atoms with Crippen LogP contribution in [0.2, 0.25) is 0 Å². The van der Waals surface area contributed by atoms with E-state index in [-0.39, 0.29) is 5.69 Å². The first kappa shape index (κ1) is 10.9. The van der Waals surface area contributed by atoms with Gasteiger partial charge in [0, 0.05) is 5.56 Å². The van der Waals surface area contributed by atoms with Crippen molar-refractivity contribution in [1.82, 2.24) is 0 Å². The number of aliphatic imine (C=N–C) groups is 1. The van der Waals surface area contributed by atoms with Crippen molar-refractivity contribution in [1.29, 1.82) is 0 Å². The highest BCUT2D eigenvalue weighted by Crippen LogP contribution is 2.37. The average molecular weight is 217 g/mol. The molecule has 0 atom stereocenters. The van der Waals surface area contributed by atoms with Crippen LogP contribution in [0.1, 0.15) is 11.1 Å². The lowest BCUT2D eigenvalue weighted by Crippen LogP contribution is -2.06. The Morgan fingerprint density at radius 1 is 1.36 bits per heavy atom. The third kappa shape index (κ3) is 2.02. The van der Waals surface area contributed by atoms with Gasteiger partial charge in [0.2, 0.25) is 0 Å². The molecule has 0 amide bonds. The second-order valence-corrected chi connectivity index (χ2v) is 2.83. The van der Waals surface area contributed by atoms with E-state index in [0.717, 1.165) is 6.07 Å². The third-order valence-electron chi connectivity index (χ3n) is 1.69. The van der Waals surface area contributed by atoms with E-state index in [2.05, 4.69) is 20.6 Å². The number of alkyl halides is 3. The van der Waals surface area contributed by atoms with Gasteiger partial charge in [-0.3, -0.25) is 4.99 Å². The quantitative estimate of drug-likeness (QED) is 0.532. The van der Waals surface area contributed by atoms with Crippen LogP contribution in [0.5, 0.6) is 0 Å². The van der Waals surface area contributed by atoms with Crippen LogP contribution in [-0.2, 0) is 6.18 Å². The molecule has 0 aliphatic carbocycles. The molecule has 0 spiro atoms. The number of halogens is 3. The highest BCUT2D eigenvalue weighted by Gasteiger charge is 2.33. The zero-order chi connectivity index (χ0) is 10.8. The molecule has 1 rings (SSSR count). The van der Waals surface area contributed by atoms with E-state index < -0.39 is 11.7 Å². The fourth-order valence-corrected chi connectivity index (χ4v) is 1.32. The van der Waals surface area contributed by atoms with Crippen molar-refractivity contribution in [3.05, 3.63) is 29.3 Å². The largest absolute Gasteiger partial charge is 0.418 e. The van der Waals surface area contributed by atoms with Gasteiger partial charge in [0.05, 0.1) is 11.3 Å². The smallest absolute Gasteiger partial charge is 0.263 e. The van der Waals surface area contributed by atoms with E-state index in [1.54, 1.807) is 0 Å². The number of rotatable bonds is 2. The summed E-state index contributed by atoms with van der Waals surface area (Å²) in [6.07, 6.45) is -4.40. The van der Waals surface area contributed by atoms with Gasteiger partial charge < -0.3 is 0 Å². The molecular formula is C9H7F3NP. The van der Waals surface area contributed by atoms with Crippen LogP contribution in [0, 0.1) is 0 Å². The lowest BCUT2D eigenvalue weighted by molar-refractivity contribution is -0.137. The van der Waals surface area contributed by atoms with Gasteiger partial charge in [-0.05, 0) is 18.6 Å². The van der Waals surface area contributed by atoms with E-state index in [0.29, 0.717) is 5.56 Å². The predicted octanol–water partition coefficient (Wildman–Crippen LogP) is 3.33. The first-order chi connectivity index (χ1) is 6.50. The normalized spacial score (nSPS) is 11.1. The maximum atomic E-state index is 12.4. The van der Waals surface area contributed by atoms with E-state index in [1.165, 1.54) is 17.9 Å². The highest BCUT2D eigenvalue weighted by molar-refractivity contribution is 7.19. The van der Waals surface area contributed by atoms with Gasteiger partial charge in [-0.2, -0.15) is 13.2 Å². The van der Waals surface area contributed by atoms with Crippen molar-refractivity contribution >= 4 is 27.1 Å². The monoisotopic (exact) mass is 217 g/mol. The topological polar surface area (TPSA) is 12.4 Å². The average Bonchev–Trinajstić information content (AvgIpc) is 2.15. The van der Waals surface area contributed by atoms with Crippen LogP contribution in [0.25, 0.3) is 0 Å². The van der Waals surface area contributed by atoms with Crippen LogP contribution in [0.15, 0.2) is 23.2 Å². The fraction of sp³-hybridized carbons (Fsp3) is 0.111. The van der Waals surface area contributed by atoms with Gasteiger partial charge in [-0.1, -0.05) is 12.1 Å². The molecule has 1 nitrogen and oxygen atoms in total. The lowest BCUT2D eigenvalue weighted by atomic mass is 10.1. The van der Waals surface area contributed by atoms with Crippen LogP contribution >= 0.6 is 8.86 Å². The molecule has 0 radical (unpaired) electrons. The summed E-state index contributed by atoms with van der Waals surface area (Å²) in [7, 11) is 3.02. The fourth-order valence-electron chi connectivity index (χ4n) is 1.08. The van der Waals surface area contributed by atoms with Gasteiger partial charge in [0.15, 0.2) is 0 Å². The maximum Gasteiger partial charge on any atom is 0.418 e. The predicted molar refractivity (Wildman–Crippen MR) is 54.1 cm³/mol. The van der Waals surface area contributed by atoms with Gasteiger partial charge in [0.25, 0.3) is 0 Å². The van der Waals surface area contributed by atoms with Gasteiger partial charge in [-0.15, -0.1) is 8.86 Å². The van der Waals surface area contributed by atoms with Gasteiger partial charge >= 0.3 is 6.18 Å². The van der Waals surface area contributed by atoms with Gasteiger partial charge in [-0.25, -0.2) is 0 Å². The molecule has 0 aromatic heterocycles. The maximum absolute atomic E-state index is 12.4. The Balaban J connectivity index is 3.44. The Morgan fingerprint density at radius 3 is 2.43 bits per heavy atom. The highest BCUT2D eigenvalue weighted by atomic mass is 31.0. The van der Waals surface area contributed by atoms with E-state index >= 15 is 0 Å². The first-order valence-corrected chi connectivity index (χ1v) is 4.26. The van der Waals surface area contributed by atoms with Crippen LogP contribution in [0.3, 0.4) is 0 Å². The Hall–Kier alpha value is -1.15. The number of benzene rings is 1. The molecule has 1 aromatic carbocycles. The molecule has 0 bridgehead atoms. The zero-order valence-electron chi connectivity index (χ0n) is 7.10. The molecule has 0 unspecified atom stereocenters.